The number of carbonyl (C=O) groups excluding carboxylic acids is 1. The topological polar surface area (TPSA) is 59.6 Å². The number of methoxy groups -OCH3 is 1. The van der Waals surface area contributed by atoms with Gasteiger partial charge in [-0.2, -0.15) is 0 Å². The van der Waals surface area contributed by atoms with E-state index in [0.717, 1.165) is 38.1 Å². The predicted octanol–water partition coefficient (Wildman–Crippen LogP) is 1.58. The van der Waals surface area contributed by atoms with Crippen LogP contribution in [-0.4, -0.2) is 45.4 Å². The molecule has 0 saturated carbocycles. The summed E-state index contributed by atoms with van der Waals surface area (Å²) in [5.74, 6) is 0.696. The van der Waals surface area contributed by atoms with Crippen LogP contribution in [0.5, 0.6) is 5.75 Å². The molecule has 1 aromatic rings. The molecule has 2 rings (SSSR count). The van der Waals surface area contributed by atoms with Gasteiger partial charge in [-0.25, -0.2) is 0 Å². The summed E-state index contributed by atoms with van der Waals surface area (Å²) in [5.41, 5.74) is 0.648. The van der Waals surface area contributed by atoms with Gasteiger partial charge in [0.05, 0.1) is 13.2 Å². The molecule has 0 radical (unpaired) electrons. The van der Waals surface area contributed by atoms with E-state index >= 15 is 0 Å². The molecule has 0 atom stereocenters. The number of ether oxygens (including phenoxy) is 2. The maximum absolute atomic E-state index is 11.9. The van der Waals surface area contributed by atoms with Gasteiger partial charge in [0, 0.05) is 18.7 Å². The van der Waals surface area contributed by atoms with E-state index in [4.69, 9.17) is 9.47 Å². The lowest BCUT2D eigenvalue weighted by Gasteiger charge is -2.22. The van der Waals surface area contributed by atoms with E-state index in [1.165, 1.54) is 0 Å². The lowest BCUT2D eigenvalue weighted by atomic mass is 10.1. The Morgan fingerprint density at radius 3 is 2.67 bits per heavy atom. The second kappa shape index (κ2) is 8.64. The third kappa shape index (κ3) is 5.36. The summed E-state index contributed by atoms with van der Waals surface area (Å²) in [4.78, 5) is 11.9. The Hall–Kier alpha value is -1.59. The Morgan fingerprint density at radius 2 is 2.00 bits per heavy atom. The number of hydrogen-bond donors (Lipinski definition) is 2. The average Bonchev–Trinajstić information content (AvgIpc) is 2.55. The third-order valence-corrected chi connectivity index (χ3v) is 3.60. The van der Waals surface area contributed by atoms with Crippen LogP contribution in [0.1, 0.15) is 29.6 Å². The van der Waals surface area contributed by atoms with Crippen molar-refractivity contribution in [1.29, 1.82) is 0 Å². The maximum Gasteiger partial charge on any atom is 0.251 e. The number of amides is 1. The van der Waals surface area contributed by atoms with Gasteiger partial charge in [-0.05, 0) is 56.6 Å². The van der Waals surface area contributed by atoms with Crippen molar-refractivity contribution in [2.24, 2.45) is 0 Å². The van der Waals surface area contributed by atoms with Gasteiger partial charge >= 0.3 is 0 Å². The number of piperidine rings is 1. The van der Waals surface area contributed by atoms with Crippen LogP contribution in [0.4, 0.5) is 0 Å². The highest BCUT2D eigenvalue weighted by molar-refractivity contribution is 5.94. The van der Waals surface area contributed by atoms with Gasteiger partial charge in [0.15, 0.2) is 0 Å². The molecule has 1 aliphatic rings. The number of benzene rings is 1. The van der Waals surface area contributed by atoms with Crippen LogP contribution in [0, 0.1) is 0 Å². The van der Waals surface area contributed by atoms with Gasteiger partial charge in [-0.15, -0.1) is 0 Å². The molecule has 1 aromatic carbocycles. The van der Waals surface area contributed by atoms with Crippen molar-refractivity contribution >= 4 is 5.91 Å². The van der Waals surface area contributed by atoms with E-state index in [1.54, 1.807) is 31.4 Å². The second-order valence-corrected chi connectivity index (χ2v) is 5.16. The molecule has 0 unspecified atom stereocenters. The van der Waals surface area contributed by atoms with Gasteiger partial charge in [0.2, 0.25) is 0 Å². The van der Waals surface area contributed by atoms with Gasteiger partial charge in [0.25, 0.3) is 5.91 Å². The van der Waals surface area contributed by atoms with Gasteiger partial charge < -0.3 is 20.1 Å². The van der Waals surface area contributed by atoms with Crippen LogP contribution >= 0.6 is 0 Å². The molecule has 2 N–H and O–H groups in total. The molecule has 21 heavy (non-hydrogen) atoms. The summed E-state index contributed by atoms with van der Waals surface area (Å²) >= 11 is 0. The van der Waals surface area contributed by atoms with Crippen molar-refractivity contribution in [3.05, 3.63) is 29.8 Å². The number of nitrogens with one attached hydrogen (secondary N) is 2. The Morgan fingerprint density at radius 1 is 1.29 bits per heavy atom. The minimum atomic E-state index is -0.0560. The van der Waals surface area contributed by atoms with Crippen LogP contribution in [-0.2, 0) is 4.74 Å². The van der Waals surface area contributed by atoms with Crippen molar-refractivity contribution in [2.75, 3.05) is 33.4 Å². The zero-order chi connectivity index (χ0) is 14.9. The van der Waals surface area contributed by atoms with Crippen molar-refractivity contribution in [1.82, 2.24) is 10.6 Å². The molecule has 1 heterocycles. The molecule has 1 saturated heterocycles. The minimum absolute atomic E-state index is 0.0560. The molecule has 0 bridgehead atoms. The molecule has 5 nitrogen and oxygen atoms in total. The van der Waals surface area contributed by atoms with E-state index in [1.807, 2.05) is 0 Å². The second-order valence-electron chi connectivity index (χ2n) is 5.16. The predicted molar refractivity (Wildman–Crippen MR) is 81.8 cm³/mol. The fourth-order valence-corrected chi connectivity index (χ4v) is 2.33. The number of carbonyl (C=O) groups is 1. The molecule has 0 aliphatic carbocycles. The summed E-state index contributed by atoms with van der Waals surface area (Å²) < 4.78 is 10.9. The Labute approximate surface area is 126 Å². The molecular formula is C16H24N2O3. The first-order valence-corrected chi connectivity index (χ1v) is 7.54. The monoisotopic (exact) mass is 292 g/mol. The Balaban J connectivity index is 1.60. The van der Waals surface area contributed by atoms with Crippen LogP contribution in [0.25, 0.3) is 0 Å². The summed E-state index contributed by atoms with van der Waals surface area (Å²) in [6.45, 7) is 3.42. The Bertz CT molecular complexity index is 428. The van der Waals surface area contributed by atoms with Gasteiger partial charge in [-0.3, -0.25) is 4.79 Å². The quantitative estimate of drug-likeness (QED) is 0.749. The van der Waals surface area contributed by atoms with Crippen molar-refractivity contribution in [3.63, 3.8) is 0 Å². The van der Waals surface area contributed by atoms with Crippen molar-refractivity contribution in [3.8, 4) is 5.75 Å². The first kappa shape index (κ1) is 15.8. The lowest BCUT2D eigenvalue weighted by Crippen LogP contribution is -2.33. The highest BCUT2D eigenvalue weighted by atomic mass is 16.5. The number of rotatable bonds is 7. The van der Waals surface area contributed by atoms with Gasteiger partial charge in [-0.1, -0.05) is 0 Å². The summed E-state index contributed by atoms with van der Waals surface area (Å²) in [7, 11) is 1.61. The standard InChI is InChI=1S/C16H24N2O3/c1-20-14-5-3-13(4-6-14)16(19)18-9-2-12-21-15-7-10-17-11-8-15/h3-6,15,17H,2,7-12H2,1H3,(H,18,19). The zero-order valence-corrected chi connectivity index (χ0v) is 12.6. The smallest absolute Gasteiger partial charge is 0.251 e. The fourth-order valence-electron chi connectivity index (χ4n) is 2.33. The molecule has 0 aromatic heterocycles. The maximum atomic E-state index is 11.9. The molecular weight excluding hydrogens is 268 g/mol. The normalized spacial score (nSPS) is 15.7. The first-order valence-electron chi connectivity index (χ1n) is 7.54. The van der Waals surface area contributed by atoms with Gasteiger partial charge in [0.1, 0.15) is 5.75 Å². The van der Waals surface area contributed by atoms with Crippen molar-refractivity contribution < 1.29 is 14.3 Å². The summed E-state index contributed by atoms with van der Waals surface area (Å²) in [6.07, 6.45) is 3.38. The minimum Gasteiger partial charge on any atom is -0.497 e. The van der Waals surface area contributed by atoms with Crippen LogP contribution in [0.3, 0.4) is 0 Å². The molecule has 0 spiro atoms. The van der Waals surface area contributed by atoms with Crippen LogP contribution in [0.15, 0.2) is 24.3 Å². The third-order valence-electron chi connectivity index (χ3n) is 3.60. The lowest BCUT2D eigenvalue weighted by molar-refractivity contribution is 0.0318. The largest absolute Gasteiger partial charge is 0.497 e. The van der Waals surface area contributed by atoms with E-state index in [0.29, 0.717) is 24.8 Å². The molecule has 1 aliphatic heterocycles. The summed E-state index contributed by atoms with van der Waals surface area (Å²) in [5, 5.41) is 6.21. The van der Waals surface area contributed by atoms with Crippen LogP contribution in [0.2, 0.25) is 0 Å². The fraction of sp³-hybridized carbons (Fsp3) is 0.562. The van der Waals surface area contributed by atoms with E-state index in [2.05, 4.69) is 10.6 Å². The van der Waals surface area contributed by atoms with E-state index in [9.17, 15) is 4.79 Å². The van der Waals surface area contributed by atoms with E-state index in [-0.39, 0.29) is 5.91 Å². The van der Waals surface area contributed by atoms with Crippen LogP contribution < -0.4 is 15.4 Å². The molecule has 1 fully saturated rings. The molecule has 1 amide bonds. The molecule has 5 heteroatoms. The first-order chi connectivity index (χ1) is 10.3. The van der Waals surface area contributed by atoms with E-state index < -0.39 is 0 Å². The summed E-state index contributed by atoms with van der Waals surface area (Å²) in [6, 6.07) is 7.10. The number of hydrogen-bond acceptors (Lipinski definition) is 4. The zero-order valence-electron chi connectivity index (χ0n) is 12.6. The Kier molecular flexibility index (Phi) is 6.50. The highest BCUT2D eigenvalue weighted by Gasteiger charge is 2.12. The highest BCUT2D eigenvalue weighted by Crippen LogP contribution is 2.11. The van der Waals surface area contributed by atoms with Crippen molar-refractivity contribution in [2.45, 2.75) is 25.4 Å². The molecule has 116 valence electrons. The SMILES string of the molecule is COc1ccc(C(=O)NCCCOC2CCNCC2)cc1. The average molecular weight is 292 g/mol.